The molecule has 0 aliphatic carbocycles. The largest absolute Gasteiger partial charge is 0.388 e. The Labute approximate surface area is 93.0 Å². The van der Waals surface area contributed by atoms with Crippen LogP contribution in [0.4, 0.5) is 0 Å². The number of pyridine rings is 1. The highest BCUT2D eigenvalue weighted by molar-refractivity contribution is 5.84. The van der Waals surface area contributed by atoms with Crippen molar-refractivity contribution in [1.82, 2.24) is 4.57 Å². The van der Waals surface area contributed by atoms with Crippen LogP contribution in [0.15, 0.2) is 29.1 Å². The van der Waals surface area contributed by atoms with Crippen molar-refractivity contribution in [2.45, 2.75) is 26.0 Å². The molecular formula is C13H13NO2. The highest BCUT2D eigenvalue weighted by Crippen LogP contribution is 2.25. The van der Waals surface area contributed by atoms with Crippen LogP contribution in [0.1, 0.15) is 24.2 Å². The molecule has 1 aliphatic heterocycles. The van der Waals surface area contributed by atoms with Gasteiger partial charge in [0.2, 0.25) is 0 Å². The molecule has 2 aromatic rings. The standard InChI is InChI=1S/C13H13NO2/c1-8(15)11-7-10-4-2-3-9-5-6-14(12(9)10)13(11)16/h2-4,7-8,15H,5-6H2,1H3. The number of aliphatic hydroxyl groups excluding tert-OH is 1. The van der Waals surface area contributed by atoms with Gasteiger partial charge in [0, 0.05) is 12.1 Å². The van der Waals surface area contributed by atoms with E-state index in [1.165, 1.54) is 5.56 Å². The Morgan fingerprint density at radius 3 is 3.00 bits per heavy atom. The molecule has 0 bridgehead atoms. The van der Waals surface area contributed by atoms with Crippen molar-refractivity contribution in [1.29, 1.82) is 0 Å². The lowest BCUT2D eigenvalue weighted by Crippen LogP contribution is -2.23. The quantitative estimate of drug-likeness (QED) is 0.785. The van der Waals surface area contributed by atoms with Crippen molar-refractivity contribution >= 4 is 10.9 Å². The predicted molar refractivity (Wildman–Crippen MR) is 62.5 cm³/mol. The summed E-state index contributed by atoms with van der Waals surface area (Å²) in [4.78, 5) is 12.1. The Kier molecular flexibility index (Phi) is 1.91. The number of aliphatic hydroxyl groups is 1. The lowest BCUT2D eigenvalue weighted by molar-refractivity contribution is 0.197. The van der Waals surface area contributed by atoms with Crippen molar-refractivity contribution in [2.24, 2.45) is 0 Å². The van der Waals surface area contributed by atoms with Crippen molar-refractivity contribution in [3.05, 3.63) is 45.7 Å². The maximum Gasteiger partial charge on any atom is 0.256 e. The van der Waals surface area contributed by atoms with Crippen LogP contribution in [0.2, 0.25) is 0 Å². The summed E-state index contributed by atoms with van der Waals surface area (Å²) in [5.41, 5.74) is 2.71. The molecule has 1 aromatic heterocycles. The van der Waals surface area contributed by atoms with E-state index in [0.29, 0.717) is 5.56 Å². The molecule has 0 saturated heterocycles. The highest BCUT2D eigenvalue weighted by Gasteiger charge is 2.18. The molecule has 0 spiro atoms. The Morgan fingerprint density at radius 1 is 1.44 bits per heavy atom. The molecule has 1 atom stereocenters. The van der Waals surface area contributed by atoms with E-state index in [-0.39, 0.29) is 5.56 Å². The summed E-state index contributed by atoms with van der Waals surface area (Å²) in [5, 5.41) is 10.6. The summed E-state index contributed by atoms with van der Waals surface area (Å²) >= 11 is 0. The van der Waals surface area contributed by atoms with Gasteiger partial charge in [0.1, 0.15) is 0 Å². The van der Waals surface area contributed by atoms with Crippen molar-refractivity contribution in [3.8, 4) is 0 Å². The molecule has 3 nitrogen and oxygen atoms in total. The van der Waals surface area contributed by atoms with Crippen LogP contribution >= 0.6 is 0 Å². The average molecular weight is 215 g/mol. The number of hydrogen-bond acceptors (Lipinski definition) is 2. The minimum Gasteiger partial charge on any atom is -0.388 e. The van der Waals surface area contributed by atoms with Gasteiger partial charge in [-0.25, -0.2) is 0 Å². The number of rotatable bonds is 1. The van der Waals surface area contributed by atoms with Gasteiger partial charge in [-0.2, -0.15) is 0 Å². The van der Waals surface area contributed by atoms with Crippen molar-refractivity contribution in [2.75, 3.05) is 0 Å². The second kappa shape index (κ2) is 3.19. The molecule has 1 aromatic carbocycles. The number of benzene rings is 1. The van der Waals surface area contributed by atoms with Crippen LogP contribution in [0.3, 0.4) is 0 Å². The van der Waals surface area contributed by atoms with Gasteiger partial charge in [0.25, 0.3) is 5.56 Å². The zero-order valence-electron chi connectivity index (χ0n) is 9.10. The van der Waals surface area contributed by atoms with E-state index in [0.717, 1.165) is 23.9 Å². The molecule has 0 fully saturated rings. The molecule has 3 heteroatoms. The molecule has 16 heavy (non-hydrogen) atoms. The molecular weight excluding hydrogens is 202 g/mol. The first-order chi connectivity index (χ1) is 7.68. The molecule has 1 unspecified atom stereocenters. The normalized spacial score (nSPS) is 15.6. The first-order valence-electron chi connectivity index (χ1n) is 5.52. The van der Waals surface area contributed by atoms with E-state index in [2.05, 4.69) is 6.07 Å². The van der Waals surface area contributed by atoms with E-state index in [9.17, 15) is 9.90 Å². The molecule has 82 valence electrons. The Hall–Kier alpha value is -1.61. The van der Waals surface area contributed by atoms with E-state index in [1.54, 1.807) is 11.5 Å². The summed E-state index contributed by atoms with van der Waals surface area (Å²) in [6.07, 6.45) is 0.209. The number of aromatic nitrogens is 1. The van der Waals surface area contributed by atoms with Gasteiger partial charge in [0.05, 0.1) is 11.6 Å². The fraction of sp³-hybridized carbons (Fsp3) is 0.308. The van der Waals surface area contributed by atoms with Crippen LogP contribution in [0.25, 0.3) is 10.9 Å². The lowest BCUT2D eigenvalue weighted by atomic mass is 10.1. The molecule has 0 saturated carbocycles. The first-order valence-corrected chi connectivity index (χ1v) is 5.52. The molecule has 0 amide bonds. The first kappa shape index (κ1) is 9.60. The number of aryl methyl sites for hydroxylation is 2. The van der Waals surface area contributed by atoms with E-state index in [4.69, 9.17) is 0 Å². The van der Waals surface area contributed by atoms with Gasteiger partial charge in [-0.15, -0.1) is 0 Å². The third-order valence-corrected chi connectivity index (χ3v) is 3.28. The summed E-state index contributed by atoms with van der Waals surface area (Å²) < 4.78 is 1.78. The highest BCUT2D eigenvalue weighted by atomic mass is 16.3. The van der Waals surface area contributed by atoms with E-state index < -0.39 is 6.10 Å². The molecule has 0 radical (unpaired) electrons. The van der Waals surface area contributed by atoms with Crippen molar-refractivity contribution < 1.29 is 5.11 Å². The van der Waals surface area contributed by atoms with E-state index in [1.807, 2.05) is 18.2 Å². The molecule has 1 N–H and O–H groups in total. The fourth-order valence-electron chi connectivity index (χ4n) is 2.49. The van der Waals surface area contributed by atoms with Gasteiger partial charge < -0.3 is 9.67 Å². The maximum absolute atomic E-state index is 12.1. The lowest BCUT2D eigenvalue weighted by Gasteiger charge is -2.09. The monoisotopic (exact) mass is 215 g/mol. The van der Waals surface area contributed by atoms with Crippen LogP contribution in [-0.4, -0.2) is 9.67 Å². The number of hydrogen-bond donors (Lipinski definition) is 1. The van der Waals surface area contributed by atoms with Crippen LogP contribution in [0.5, 0.6) is 0 Å². The second-order valence-corrected chi connectivity index (χ2v) is 4.34. The SMILES string of the molecule is CC(O)c1cc2cccc3c2n(c1=O)CC3. The van der Waals surface area contributed by atoms with Crippen LogP contribution < -0.4 is 5.56 Å². The van der Waals surface area contributed by atoms with Gasteiger partial charge in [0.15, 0.2) is 0 Å². The van der Waals surface area contributed by atoms with Gasteiger partial charge in [-0.05, 0) is 30.4 Å². The minimum absolute atomic E-state index is 0.0487. The van der Waals surface area contributed by atoms with Gasteiger partial charge >= 0.3 is 0 Å². The maximum atomic E-state index is 12.1. The van der Waals surface area contributed by atoms with Gasteiger partial charge in [-0.3, -0.25) is 4.79 Å². The second-order valence-electron chi connectivity index (χ2n) is 4.34. The Balaban J connectivity index is 2.48. The number of nitrogens with zero attached hydrogens (tertiary/aromatic N) is 1. The van der Waals surface area contributed by atoms with Crippen LogP contribution in [0, 0.1) is 0 Å². The summed E-state index contributed by atoms with van der Waals surface area (Å²) in [6.45, 7) is 2.36. The fourth-order valence-corrected chi connectivity index (χ4v) is 2.49. The smallest absolute Gasteiger partial charge is 0.256 e. The Bertz CT molecular complexity index is 626. The average Bonchev–Trinajstić information content (AvgIpc) is 2.68. The molecule has 2 heterocycles. The minimum atomic E-state index is -0.704. The zero-order chi connectivity index (χ0) is 11.3. The van der Waals surface area contributed by atoms with Crippen LogP contribution in [-0.2, 0) is 13.0 Å². The van der Waals surface area contributed by atoms with Gasteiger partial charge in [-0.1, -0.05) is 18.2 Å². The molecule has 3 rings (SSSR count). The predicted octanol–water partition coefficient (Wildman–Crippen LogP) is 1.61. The summed E-state index contributed by atoms with van der Waals surface area (Å²) in [7, 11) is 0. The van der Waals surface area contributed by atoms with Crippen molar-refractivity contribution in [3.63, 3.8) is 0 Å². The topological polar surface area (TPSA) is 42.2 Å². The zero-order valence-corrected chi connectivity index (χ0v) is 9.10. The third kappa shape index (κ3) is 1.15. The molecule has 1 aliphatic rings. The third-order valence-electron chi connectivity index (χ3n) is 3.28. The summed E-state index contributed by atoms with van der Waals surface area (Å²) in [5.74, 6) is 0. The van der Waals surface area contributed by atoms with E-state index >= 15 is 0 Å². The summed E-state index contributed by atoms with van der Waals surface area (Å²) in [6, 6.07) is 7.87. The number of para-hydroxylation sites is 1. The Morgan fingerprint density at radius 2 is 2.25 bits per heavy atom.